The number of methoxy groups -OCH3 is 3. The van der Waals surface area contributed by atoms with Gasteiger partial charge in [0.1, 0.15) is 41.7 Å². The van der Waals surface area contributed by atoms with Gasteiger partial charge in [-0.15, -0.1) is 0 Å². The number of aromatic amines is 1. The van der Waals surface area contributed by atoms with Crippen molar-refractivity contribution in [3.63, 3.8) is 0 Å². The minimum absolute atomic E-state index is 0.00288. The number of rotatable bonds is 9. The van der Waals surface area contributed by atoms with Crippen molar-refractivity contribution in [1.82, 2.24) is 14.9 Å². The van der Waals surface area contributed by atoms with Crippen LogP contribution in [0.2, 0.25) is 0 Å². The predicted molar refractivity (Wildman–Crippen MR) is 251 cm³/mol. The maximum atomic E-state index is 14.6. The van der Waals surface area contributed by atoms with E-state index in [1.165, 1.54) is 19.1 Å². The van der Waals surface area contributed by atoms with Crippen LogP contribution < -0.4 is 4.74 Å². The van der Waals surface area contributed by atoms with E-state index in [4.69, 9.17) is 28.4 Å². The Morgan fingerprint density at radius 3 is 2.37 bits per heavy atom. The summed E-state index contributed by atoms with van der Waals surface area (Å²) in [5, 5.41) is 24.0. The maximum absolute atomic E-state index is 14.6. The number of Topliss-reactive ketones (excluding diaryl/α,β-unsaturated/α-hetero) is 2. The molecule has 6 rings (SSSR count). The van der Waals surface area contributed by atoms with Crippen molar-refractivity contribution in [2.24, 2.45) is 29.6 Å². The topological polar surface area (TPSA) is 196 Å². The molecule has 15 nitrogen and oxygen atoms in total. The van der Waals surface area contributed by atoms with E-state index < -0.39 is 77.8 Å². The molecule has 4 aliphatic rings. The molecule has 3 N–H and O–H groups in total. The molecule has 3 aliphatic heterocycles. The predicted octanol–water partition coefficient (Wildman–Crippen LogP) is 6.95. The highest BCUT2D eigenvalue weighted by atomic mass is 16.7. The molecule has 1 amide bonds. The smallest absolute Gasteiger partial charge is 0.329 e. The van der Waals surface area contributed by atoms with E-state index in [0.29, 0.717) is 56.3 Å². The number of ketones is 2. The third-order valence-corrected chi connectivity index (χ3v) is 14.8. The molecule has 0 radical (unpaired) electrons. The number of piperidine rings is 1. The standard InChI is InChI=1S/C52H75N3O12/c1-10-36-23-30(2)22-31(3)24-44(63-8)47-45(64-9)26-33(5)52(61,67-47)48(58)50(59)55-21-12-11-16-39(55)51(60)66-46(34(6)40(56)29-41(36)57)32(4)25-35-17-18-42(43(27-35)62-7)65-38-15-13-14-37(28-38)49-53-19-20-54-49/h13-15,19-20,23,25,28,31,33-36,39-40,42-47,56,61H,10-12,16-18,21-22,24,26-27,29H2,1-9H3,(H,53,54). The molecule has 4 heterocycles. The lowest BCUT2D eigenvalue weighted by molar-refractivity contribution is -0.302. The molecule has 1 aliphatic carbocycles. The Balaban J connectivity index is 1.29. The quantitative estimate of drug-likeness (QED) is 0.133. The Hall–Kier alpha value is -4.25. The summed E-state index contributed by atoms with van der Waals surface area (Å²) in [7, 11) is 4.74. The van der Waals surface area contributed by atoms with E-state index >= 15 is 0 Å². The minimum Gasteiger partial charge on any atom is -0.488 e. The summed E-state index contributed by atoms with van der Waals surface area (Å²) in [6, 6.07) is 6.61. The third kappa shape index (κ3) is 12.3. The second kappa shape index (κ2) is 23.4. The normalized spacial score (nSPS) is 35.8. The van der Waals surface area contributed by atoms with Gasteiger partial charge in [-0.05, 0) is 108 Å². The minimum atomic E-state index is -2.51. The lowest BCUT2D eigenvalue weighted by Gasteiger charge is -2.47. The summed E-state index contributed by atoms with van der Waals surface area (Å²) in [6.07, 6.45) is 7.89. The largest absolute Gasteiger partial charge is 0.488 e. The van der Waals surface area contributed by atoms with Crippen molar-refractivity contribution in [2.75, 3.05) is 27.9 Å². The van der Waals surface area contributed by atoms with Gasteiger partial charge in [0.2, 0.25) is 5.79 Å². The fourth-order valence-electron chi connectivity index (χ4n) is 10.8. The van der Waals surface area contributed by atoms with Crippen molar-refractivity contribution < 1.29 is 57.8 Å². The second-order valence-electron chi connectivity index (χ2n) is 19.7. The first-order chi connectivity index (χ1) is 32.0. The number of fused-ring (bicyclic) bond motifs is 3. The average Bonchev–Trinajstić information content (AvgIpc) is 3.87. The van der Waals surface area contributed by atoms with Crippen LogP contribution in [-0.4, -0.2) is 131 Å². The molecule has 14 unspecified atom stereocenters. The second-order valence-corrected chi connectivity index (χ2v) is 19.7. The van der Waals surface area contributed by atoms with Crippen LogP contribution in [0.4, 0.5) is 0 Å². The summed E-state index contributed by atoms with van der Waals surface area (Å²) in [6.45, 7) is 11.3. The lowest BCUT2D eigenvalue weighted by atomic mass is 9.81. The molecule has 370 valence electrons. The highest BCUT2D eigenvalue weighted by Crippen LogP contribution is 2.40. The number of hydrogen-bond acceptors (Lipinski definition) is 13. The summed E-state index contributed by atoms with van der Waals surface area (Å²) in [4.78, 5) is 66.0. The van der Waals surface area contributed by atoms with Crippen molar-refractivity contribution in [3.8, 4) is 17.1 Å². The highest BCUT2D eigenvalue weighted by molar-refractivity contribution is 6.39. The highest BCUT2D eigenvalue weighted by Gasteiger charge is 2.56. The van der Waals surface area contributed by atoms with Crippen LogP contribution in [0.5, 0.6) is 5.75 Å². The van der Waals surface area contributed by atoms with E-state index in [2.05, 4.69) is 23.0 Å². The summed E-state index contributed by atoms with van der Waals surface area (Å²) >= 11 is 0. The van der Waals surface area contributed by atoms with Crippen LogP contribution in [0.1, 0.15) is 112 Å². The summed E-state index contributed by atoms with van der Waals surface area (Å²) in [5.41, 5.74) is 2.58. The molecule has 2 saturated heterocycles. The Labute approximate surface area is 396 Å². The Morgan fingerprint density at radius 2 is 1.69 bits per heavy atom. The maximum Gasteiger partial charge on any atom is 0.329 e. The van der Waals surface area contributed by atoms with Crippen LogP contribution in [0.3, 0.4) is 0 Å². The van der Waals surface area contributed by atoms with E-state index in [1.54, 1.807) is 33.4 Å². The van der Waals surface area contributed by atoms with Gasteiger partial charge < -0.3 is 48.5 Å². The van der Waals surface area contributed by atoms with Gasteiger partial charge in [-0.2, -0.15) is 0 Å². The molecule has 3 fully saturated rings. The molecule has 14 atom stereocenters. The zero-order chi connectivity index (χ0) is 48.6. The molecule has 15 heteroatoms. The van der Waals surface area contributed by atoms with Gasteiger partial charge in [0.05, 0.1) is 24.4 Å². The number of aliphatic hydroxyl groups is 2. The van der Waals surface area contributed by atoms with Gasteiger partial charge in [-0.25, -0.2) is 9.78 Å². The molecular formula is C52H75N3O12. The molecule has 2 bridgehead atoms. The van der Waals surface area contributed by atoms with Gasteiger partial charge in [0, 0.05) is 70.0 Å². The summed E-state index contributed by atoms with van der Waals surface area (Å²) in [5.74, 6) is -6.11. The Kier molecular flexibility index (Phi) is 18.2. The van der Waals surface area contributed by atoms with Gasteiger partial charge in [0.25, 0.3) is 11.7 Å². The van der Waals surface area contributed by atoms with Crippen molar-refractivity contribution >= 4 is 23.4 Å². The van der Waals surface area contributed by atoms with Crippen LogP contribution in [-0.2, 0) is 42.9 Å². The SMILES string of the molecule is CCC1C=C(C)CC(C)CC(OC)C2OC(O)(C(=O)C(=O)N3CCCCC3C(=O)OC(C(C)=CC3CCC(Oc4cccc(-c5ncc[nH]5)c4)C(OC)C3)C(C)C(O)CC1=O)C(C)CC2OC. The molecule has 0 spiro atoms. The number of aromatic nitrogens is 2. The van der Waals surface area contributed by atoms with Crippen molar-refractivity contribution in [3.05, 3.63) is 60.0 Å². The van der Waals surface area contributed by atoms with Crippen LogP contribution in [0.25, 0.3) is 11.4 Å². The first kappa shape index (κ1) is 52.1. The lowest BCUT2D eigenvalue weighted by Crippen LogP contribution is -2.64. The third-order valence-electron chi connectivity index (χ3n) is 14.8. The first-order valence-corrected chi connectivity index (χ1v) is 24.4. The van der Waals surface area contributed by atoms with E-state index in [9.17, 15) is 29.4 Å². The fourth-order valence-corrected chi connectivity index (χ4v) is 10.8. The first-order valence-electron chi connectivity index (χ1n) is 24.4. The van der Waals surface area contributed by atoms with Crippen LogP contribution in [0.15, 0.2) is 60.0 Å². The molecule has 1 aromatic carbocycles. The number of hydrogen-bond donors (Lipinski definition) is 3. The van der Waals surface area contributed by atoms with E-state index in [1.807, 2.05) is 51.1 Å². The Morgan fingerprint density at radius 1 is 0.955 bits per heavy atom. The number of imidazole rings is 1. The zero-order valence-electron chi connectivity index (χ0n) is 41.0. The number of esters is 1. The molecule has 1 saturated carbocycles. The van der Waals surface area contributed by atoms with E-state index in [-0.39, 0.29) is 55.6 Å². The van der Waals surface area contributed by atoms with Crippen molar-refractivity contribution in [1.29, 1.82) is 0 Å². The number of aliphatic hydroxyl groups excluding tert-OH is 1. The number of cyclic esters (lactones) is 1. The zero-order valence-corrected chi connectivity index (χ0v) is 41.0. The number of H-pyrrole nitrogens is 1. The van der Waals surface area contributed by atoms with Crippen LogP contribution >= 0.6 is 0 Å². The van der Waals surface area contributed by atoms with Crippen LogP contribution in [0, 0.1) is 29.6 Å². The number of amides is 1. The number of nitrogens with zero attached hydrogens (tertiary/aromatic N) is 2. The number of benzene rings is 1. The Bertz CT molecular complexity index is 2060. The molecule has 67 heavy (non-hydrogen) atoms. The van der Waals surface area contributed by atoms with Gasteiger partial charge in [-0.1, -0.05) is 57.6 Å². The number of ether oxygens (including phenoxy) is 6. The van der Waals surface area contributed by atoms with E-state index in [0.717, 1.165) is 23.4 Å². The van der Waals surface area contributed by atoms with Crippen molar-refractivity contribution in [2.45, 2.75) is 167 Å². The molecule has 2 aromatic rings. The number of carbonyl (C=O) groups excluding carboxylic acids is 4. The van der Waals surface area contributed by atoms with Gasteiger partial charge >= 0.3 is 5.97 Å². The fraction of sp³-hybridized carbons (Fsp3) is 0.673. The molecule has 1 aromatic heterocycles. The van der Waals surface area contributed by atoms with Gasteiger partial charge in [0.15, 0.2) is 0 Å². The monoisotopic (exact) mass is 934 g/mol. The number of nitrogens with one attached hydrogen (secondary N) is 1. The number of allylic oxidation sites excluding steroid dienone is 3. The van der Waals surface area contributed by atoms with Gasteiger partial charge in [-0.3, -0.25) is 14.4 Å². The average molecular weight is 934 g/mol. The molecular weight excluding hydrogens is 859 g/mol. The summed E-state index contributed by atoms with van der Waals surface area (Å²) < 4.78 is 37.0. The number of carbonyl (C=O) groups is 4.